The van der Waals surface area contributed by atoms with Crippen molar-refractivity contribution in [2.45, 2.75) is 46.3 Å². The van der Waals surface area contributed by atoms with E-state index in [1.54, 1.807) is 33.8 Å². The maximum atomic E-state index is 13.7. The van der Waals surface area contributed by atoms with Crippen molar-refractivity contribution in [2.24, 2.45) is 5.92 Å². The summed E-state index contributed by atoms with van der Waals surface area (Å²) in [4.78, 5) is 50.5. The number of carbonyl (C=O) groups is 3. The van der Waals surface area contributed by atoms with Crippen LogP contribution in [0.15, 0.2) is 77.1 Å². The summed E-state index contributed by atoms with van der Waals surface area (Å²) in [6.45, 7) is 6.92. The standard InChI is InChI=1S/C28H31N3O7/c1-16(2)25(28(34)38-15-19-10-7-6-8-11-19)30-26(32)22-17(3)29-18(4)23(27(33)37-5)24(22)20-12-9-13-21(14-20)31(35)36/h6-14,16,24-25,29H,15H2,1-5H3,(H,30,32)/t24-,25+/m1/s1. The van der Waals surface area contributed by atoms with Gasteiger partial charge in [0.2, 0.25) is 0 Å². The number of nitrogens with zero attached hydrogens (tertiary/aromatic N) is 1. The Morgan fingerprint density at radius 1 is 1.03 bits per heavy atom. The van der Waals surface area contributed by atoms with Crippen molar-refractivity contribution in [3.8, 4) is 0 Å². The van der Waals surface area contributed by atoms with E-state index in [4.69, 9.17) is 9.47 Å². The molecule has 2 atom stereocenters. The maximum absolute atomic E-state index is 13.7. The Balaban J connectivity index is 1.97. The van der Waals surface area contributed by atoms with Crippen LogP contribution in [0.3, 0.4) is 0 Å². The molecule has 3 rings (SSSR count). The summed E-state index contributed by atoms with van der Waals surface area (Å²) >= 11 is 0. The number of hydrogen-bond acceptors (Lipinski definition) is 8. The van der Waals surface area contributed by atoms with Gasteiger partial charge in [-0.2, -0.15) is 0 Å². The van der Waals surface area contributed by atoms with E-state index in [1.165, 1.54) is 25.3 Å². The van der Waals surface area contributed by atoms with Crippen LogP contribution in [0.25, 0.3) is 0 Å². The van der Waals surface area contributed by atoms with Gasteiger partial charge in [-0.3, -0.25) is 14.9 Å². The molecule has 0 saturated carbocycles. The summed E-state index contributed by atoms with van der Waals surface area (Å²) in [7, 11) is 1.22. The predicted octanol–water partition coefficient (Wildman–Crippen LogP) is 3.89. The fourth-order valence-corrected chi connectivity index (χ4v) is 4.36. The third-order valence-corrected chi connectivity index (χ3v) is 6.26. The normalized spacial score (nSPS) is 16.0. The molecule has 200 valence electrons. The van der Waals surface area contributed by atoms with Gasteiger partial charge in [-0.15, -0.1) is 0 Å². The molecule has 0 bridgehead atoms. The molecule has 0 unspecified atom stereocenters. The number of allylic oxidation sites excluding steroid dienone is 2. The number of carbonyl (C=O) groups excluding carboxylic acids is 3. The molecular formula is C28H31N3O7. The number of nitro benzene ring substituents is 1. The molecule has 0 saturated heterocycles. The number of nitrogens with one attached hydrogen (secondary N) is 2. The molecule has 0 spiro atoms. The average molecular weight is 522 g/mol. The van der Waals surface area contributed by atoms with Crippen LogP contribution >= 0.6 is 0 Å². The van der Waals surface area contributed by atoms with Crippen LogP contribution < -0.4 is 10.6 Å². The Morgan fingerprint density at radius 3 is 2.29 bits per heavy atom. The van der Waals surface area contributed by atoms with E-state index in [0.29, 0.717) is 17.0 Å². The molecule has 1 aliphatic heterocycles. The molecule has 10 heteroatoms. The van der Waals surface area contributed by atoms with Gasteiger partial charge in [0.15, 0.2) is 0 Å². The molecule has 38 heavy (non-hydrogen) atoms. The first-order valence-corrected chi connectivity index (χ1v) is 12.1. The molecule has 2 aromatic rings. The van der Waals surface area contributed by atoms with Gasteiger partial charge in [0.05, 0.1) is 23.5 Å². The fraction of sp³-hybridized carbons (Fsp3) is 0.321. The van der Waals surface area contributed by atoms with Crippen molar-refractivity contribution >= 4 is 23.5 Å². The summed E-state index contributed by atoms with van der Waals surface area (Å²) in [5.74, 6) is -3.20. The first kappa shape index (κ1) is 28.1. The Morgan fingerprint density at radius 2 is 1.68 bits per heavy atom. The van der Waals surface area contributed by atoms with E-state index < -0.39 is 34.7 Å². The van der Waals surface area contributed by atoms with Gasteiger partial charge >= 0.3 is 11.9 Å². The first-order valence-electron chi connectivity index (χ1n) is 12.1. The second kappa shape index (κ2) is 12.2. The van der Waals surface area contributed by atoms with Crippen LogP contribution in [0.5, 0.6) is 0 Å². The lowest BCUT2D eigenvalue weighted by Gasteiger charge is -2.32. The first-order chi connectivity index (χ1) is 18.0. The highest BCUT2D eigenvalue weighted by molar-refractivity contribution is 6.03. The zero-order valence-corrected chi connectivity index (χ0v) is 21.9. The van der Waals surface area contributed by atoms with Gasteiger partial charge in [-0.1, -0.05) is 56.3 Å². The minimum atomic E-state index is -0.981. The highest BCUT2D eigenvalue weighted by atomic mass is 16.6. The van der Waals surface area contributed by atoms with Gasteiger partial charge in [0.1, 0.15) is 12.6 Å². The van der Waals surface area contributed by atoms with Gasteiger partial charge in [-0.25, -0.2) is 9.59 Å². The summed E-state index contributed by atoms with van der Waals surface area (Å²) in [5.41, 5.74) is 2.13. The van der Waals surface area contributed by atoms with Crippen LogP contribution in [-0.2, 0) is 30.5 Å². The van der Waals surface area contributed by atoms with E-state index in [-0.39, 0.29) is 29.4 Å². The molecule has 1 heterocycles. The minimum Gasteiger partial charge on any atom is -0.466 e. The monoisotopic (exact) mass is 521 g/mol. The largest absolute Gasteiger partial charge is 0.466 e. The van der Waals surface area contributed by atoms with E-state index in [9.17, 15) is 24.5 Å². The van der Waals surface area contributed by atoms with Gasteiger partial charge < -0.3 is 20.1 Å². The number of benzene rings is 2. The molecule has 2 aromatic carbocycles. The maximum Gasteiger partial charge on any atom is 0.336 e. The molecule has 1 amide bonds. The lowest BCUT2D eigenvalue weighted by molar-refractivity contribution is -0.384. The molecule has 0 fully saturated rings. The van der Waals surface area contributed by atoms with Crippen LogP contribution in [0, 0.1) is 16.0 Å². The van der Waals surface area contributed by atoms with E-state index in [1.807, 2.05) is 30.3 Å². The zero-order valence-electron chi connectivity index (χ0n) is 21.9. The van der Waals surface area contributed by atoms with E-state index in [0.717, 1.165) is 5.56 Å². The zero-order chi connectivity index (χ0) is 28.0. The number of rotatable bonds is 9. The third-order valence-electron chi connectivity index (χ3n) is 6.26. The van der Waals surface area contributed by atoms with Gasteiger partial charge in [0.25, 0.3) is 11.6 Å². The molecule has 0 radical (unpaired) electrons. The summed E-state index contributed by atoms with van der Waals surface area (Å²) in [5, 5.41) is 17.3. The summed E-state index contributed by atoms with van der Waals surface area (Å²) in [6, 6.07) is 13.9. The SMILES string of the molecule is COC(=O)C1=C(C)NC(C)=C(C(=O)N[C@H](C(=O)OCc2ccccc2)C(C)C)[C@H]1c1cccc([N+](=O)[O-])c1. The average Bonchev–Trinajstić information content (AvgIpc) is 2.89. The minimum absolute atomic E-state index is 0.0484. The van der Waals surface area contributed by atoms with Crippen LogP contribution in [0.4, 0.5) is 5.69 Å². The molecule has 2 N–H and O–H groups in total. The number of hydrogen-bond donors (Lipinski definition) is 2. The Bertz CT molecular complexity index is 1300. The van der Waals surface area contributed by atoms with Crippen molar-refractivity contribution in [1.29, 1.82) is 0 Å². The summed E-state index contributed by atoms with van der Waals surface area (Å²) in [6.07, 6.45) is 0. The number of non-ortho nitro benzene ring substituents is 1. The van der Waals surface area contributed by atoms with E-state index in [2.05, 4.69) is 10.6 Å². The Kier molecular flexibility index (Phi) is 9.01. The number of dihydropyridines is 1. The molecule has 10 nitrogen and oxygen atoms in total. The topological polar surface area (TPSA) is 137 Å². The number of nitro groups is 1. The Labute approximate surface area is 220 Å². The number of esters is 2. The Hall–Kier alpha value is -4.47. The smallest absolute Gasteiger partial charge is 0.336 e. The second-order valence-electron chi connectivity index (χ2n) is 9.27. The number of ether oxygens (including phenoxy) is 2. The number of methoxy groups -OCH3 is 1. The molecule has 0 aliphatic carbocycles. The summed E-state index contributed by atoms with van der Waals surface area (Å²) < 4.78 is 10.5. The van der Waals surface area contributed by atoms with Crippen LogP contribution in [-0.4, -0.2) is 35.9 Å². The lowest BCUT2D eigenvalue weighted by Crippen LogP contribution is -2.47. The van der Waals surface area contributed by atoms with Crippen molar-refractivity contribution < 1.29 is 28.8 Å². The van der Waals surface area contributed by atoms with Crippen molar-refractivity contribution in [3.63, 3.8) is 0 Å². The molecular weight excluding hydrogens is 490 g/mol. The van der Waals surface area contributed by atoms with Crippen molar-refractivity contribution in [3.05, 3.63) is 98.4 Å². The molecule has 0 aromatic heterocycles. The quantitative estimate of drug-likeness (QED) is 0.288. The fourth-order valence-electron chi connectivity index (χ4n) is 4.36. The van der Waals surface area contributed by atoms with Crippen molar-refractivity contribution in [2.75, 3.05) is 7.11 Å². The van der Waals surface area contributed by atoms with E-state index >= 15 is 0 Å². The number of amides is 1. The molecule has 1 aliphatic rings. The van der Waals surface area contributed by atoms with Gasteiger partial charge in [-0.05, 0) is 30.9 Å². The third kappa shape index (κ3) is 6.26. The highest BCUT2D eigenvalue weighted by Gasteiger charge is 2.39. The predicted molar refractivity (Wildman–Crippen MR) is 139 cm³/mol. The van der Waals surface area contributed by atoms with Gasteiger partial charge in [0, 0.05) is 29.1 Å². The van der Waals surface area contributed by atoms with Crippen LogP contribution in [0.1, 0.15) is 44.7 Å². The van der Waals surface area contributed by atoms with Crippen LogP contribution in [0.2, 0.25) is 0 Å². The van der Waals surface area contributed by atoms with Crippen molar-refractivity contribution in [1.82, 2.24) is 10.6 Å². The second-order valence-corrected chi connectivity index (χ2v) is 9.27. The highest BCUT2D eigenvalue weighted by Crippen LogP contribution is 2.39. The lowest BCUT2D eigenvalue weighted by atomic mass is 9.79.